The van der Waals surface area contributed by atoms with E-state index in [1.807, 2.05) is 26.0 Å². The van der Waals surface area contributed by atoms with Gasteiger partial charge in [-0.25, -0.2) is 4.98 Å². The lowest BCUT2D eigenvalue weighted by atomic mass is 10.1. The zero-order chi connectivity index (χ0) is 13.1. The van der Waals surface area contributed by atoms with Gasteiger partial charge in [0, 0.05) is 11.8 Å². The van der Waals surface area contributed by atoms with E-state index in [1.165, 1.54) is 12.3 Å². The second-order valence-corrected chi connectivity index (χ2v) is 4.12. The van der Waals surface area contributed by atoms with Gasteiger partial charge in [0.1, 0.15) is 0 Å². The number of aromatic nitrogens is 1. The van der Waals surface area contributed by atoms with E-state index >= 15 is 0 Å². The largest absolute Gasteiger partial charge is 0.504 e. The highest BCUT2D eigenvalue weighted by molar-refractivity contribution is 6.04. The summed E-state index contributed by atoms with van der Waals surface area (Å²) < 4.78 is 0. The van der Waals surface area contributed by atoms with Crippen molar-refractivity contribution in [2.75, 3.05) is 5.32 Å². The molecule has 0 radical (unpaired) electrons. The van der Waals surface area contributed by atoms with Crippen LogP contribution in [-0.4, -0.2) is 16.0 Å². The molecule has 0 aliphatic heterocycles. The third kappa shape index (κ3) is 2.48. The number of hydrogen-bond donors (Lipinski definition) is 2. The molecule has 0 fully saturated rings. The average Bonchev–Trinajstić information content (AvgIpc) is 2.35. The Morgan fingerprint density at radius 2 is 2.00 bits per heavy atom. The van der Waals surface area contributed by atoms with Crippen LogP contribution in [0.4, 0.5) is 5.82 Å². The molecule has 0 aliphatic rings. The summed E-state index contributed by atoms with van der Waals surface area (Å²) in [5.74, 6) is -0.164. The fraction of sp³-hybridized carbons (Fsp3) is 0.143. The molecule has 0 saturated heterocycles. The molecule has 0 atom stereocenters. The van der Waals surface area contributed by atoms with Crippen LogP contribution in [0.1, 0.15) is 21.5 Å². The fourth-order valence-electron chi connectivity index (χ4n) is 1.56. The molecule has 1 aromatic carbocycles. The van der Waals surface area contributed by atoms with E-state index in [9.17, 15) is 9.90 Å². The fourth-order valence-corrected chi connectivity index (χ4v) is 1.56. The first kappa shape index (κ1) is 12.1. The Hall–Kier alpha value is -2.36. The first-order valence-electron chi connectivity index (χ1n) is 5.60. The highest BCUT2D eigenvalue weighted by Gasteiger charge is 2.10. The number of aryl methyl sites for hydroxylation is 2. The van der Waals surface area contributed by atoms with Gasteiger partial charge in [-0.3, -0.25) is 4.79 Å². The summed E-state index contributed by atoms with van der Waals surface area (Å²) in [7, 11) is 0. The monoisotopic (exact) mass is 242 g/mol. The molecular weight excluding hydrogens is 228 g/mol. The first-order valence-corrected chi connectivity index (χ1v) is 5.60. The second-order valence-electron chi connectivity index (χ2n) is 4.12. The lowest BCUT2D eigenvalue weighted by Crippen LogP contribution is -2.13. The van der Waals surface area contributed by atoms with Gasteiger partial charge in [0.15, 0.2) is 11.6 Å². The Balaban J connectivity index is 2.22. The number of benzene rings is 1. The molecule has 0 spiro atoms. The molecule has 1 amide bonds. The van der Waals surface area contributed by atoms with Crippen molar-refractivity contribution >= 4 is 11.7 Å². The van der Waals surface area contributed by atoms with Gasteiger partial charge in [-0.15, -0.1) is 0 Å². The summed E-state index contributed by atoms with van der Waals surface area (Å²) in [4.78, 5) is 15.9. The van der Waals surface area contributed by atoms with Gasteiger partial charge in [0.25, 0.3) is 5.91 Å². The molecule has 1 heterocycles. The van der Waals surface area contributed by atoms with Gasteiger partial charge < -0.3 is 10.4 Å². The number of carbonyl (C=O) groups is 1. The average molecular weight is 242 g/mol. The Labute approximate surface area is 105 Å². The predicted octanol–water partition coefficient (Wildman–Crippen LogP) is 2.66. The van der Waals surface area contributed by atoms with Crippen molar-refractivity contribution in [2.24, 2.45) is 0 Å². The van der Waals surface area contributed by atoms with Crippen molar-refractivity contribution in [3.63, 3.8) is 0 Å². The van der Waals surface area contributed by atoms with Gasteiger partial charge in [-0.1, -0.05) is 6.07 Å². The highest BCUT2D eigenvalue weighted by atomic mass is 16.3. The molecular formula is C14H14N2O2. The van der Waals surface area contributed by atoms with Crippen molar-refractivity contribution in [1.82, 2.24) is 4.98 Å². The quantitative estimate of drug-likeness (QED) is 0.851. The number of rotatable bonds is 2. The van der Waals surface area contributed by atoms with Gasteiger partial charge in [-0.2, -0.15) is 0 Å². The normalized spacial score (nSPS) is 10.1. The number of carbonyl (C=O) groups excluding carboxylic acids is 1. The second kappa shape index (κ2) is 4.87. The topological polar surface area (TPSA) is 62.2 Å². The molecule has 18 heavy (non-hydrogen) atoms. The zero-order valence-electron chi connectivity index (χ0n) is 10.3. The Morgan fingerprint density at radius 1 is 1.22 bits per heavy atom. The minimum Gasteiger partial charge on any atom is -0.504 e. The number of hydrogen-bond acceptors (Lipinski definition) is 3. The third-order valence-corrected chi connectivity index (χ3v) is 2.79. The van der Waals surface area contributed by atoms with Crippen LogP contribution in [0.15, 0.2) is 36.5 Å². The van der Waals surface area contributed by atoms with Crippen LogP contribution >= 0.6 is 0 Å². The lowest BCUT2D eigenvalue weighted by molar-refractivity contribution is 0.102. The van der Waals surface area contributed by atoms with Crippen molar-refractivity contribution in [3.05, 3.63) is 53.2 Å². The lowest BCUT2D eigenvalue weighted by Gasteiger charge is -2.07. The Morgan fingerprint density at radius 3 is 2.67 bits per heavy atom. The van der Waals surface area contributed by atoms with Crippen molar-refractivity contribution in [3.8, 4) is 5.75 Å². The molecule has 0 bridgehead atoms. The smallest absolute Gasteiger partial charge is 0.256 e. The van der Waals surface area contributed by atoms with E-state index in [-0.39, 0.29) is 17.5 Å². The summed E-state index contributed by atoms with van der Waals surface area (Å²) >= 11 is 0. The molecule has 2 N–H and O–H groups in total. The molecule has 92 valence electrons. The standard InChI is InChI=1S/C14H14N2O2/c1-9-5-6-11(8-10(9)2)14(18)16-13-12(17)4-3-7-15-13/h3-8,17H,1-2H3,(H,15,16,18). The molecule has 2 aromatic rings. The molecule has 1 aromatic heterocycles. The molecule has 4 nitrogen and oxygen atoms in total. The van der Waals surface area contributed by atoms with Crippen molar-refractivity contribution in [2.45, 2.75) is 13.8 Å². The van der Waals surface area contributed by atoms with Crippen molar-refractivity contribution < 1.29 is 9.90 Å². The first-order chi connectivity index (χ1) is 8.58. The van der Waals surface area contributed by atoms with Crippen LogP contribution < -0.4 is 5.32 Å². The van der Waals surface area contributed by atoms with Gasteiger partial charge in [-0.05, 0) is 49.2 Å². The van der Waals surface area contributed by atoms with Gasteiger partial charge in [0.2, 0.25) is 0 Å². The third-order valence-electron chi connectivity index (χ3n) is 2.79. The maximum Gasteiger partial charge on any atom is 0.256 e. The number of amides is 1. The highest BCUT2D eigenvalue weighted by Crippen LogP contribution is 2.19. The van der Waals surface area contributed by atoms with E-state index in [1.54, 1.807) is 12.1 Å². The zero-order valence-corrected chi connectivity index (χ0v) is 10.3. The molecule has 4 heteroatoms. The number of nitrogens with one attached hydrogen (secondary N) is 1. The summed E-state index contributed by atoms with van der Waals surface area (Å²) in [5.41, 5.74) is 2.73. The van der Waals surface area contributed by atoms with Crippen LogP contribution in [0.2, 0.25) is 0 Å². The summed E-state index contributed by atoms with van der Waals surface area (Å²) in [6, 6.07) is 8.52. The van der Waals surface area contributed by atoms with Crippen LogP contribution in [0.3, 0.4) is 0 Å². The number of nitrogens with zero attached hydrogens (tertiary/aromatic N) is 1. The van der Waals surface area contributed by atoms with E-state index in [4.69, 9.17) is 0 Å². The minimum absolute atomic E-state index is 0.0466. The number of anilines is 1. The van der Waals surface area contributed by atoms with Crippen LogP contribution in [0.5, 0.6) is 5.75 Å². The van der Waals surface area contributed by atoms with Gasteiger partial charge in [0.05, 0.1) is 0 Å². The van der Waals surface area contributed by atoms with E-state index in [2.05, 4.69) is 10.3 Å². The Bertz CT molecular complexity index is 594. The van der Waals surface area contributed by atoms with Gasteiger partial charge >= 0.3 is 0 Å². The number of pyridine rings is 1. The maximum atomic E-state index is 12.0. The van der Waals surface area contributed by atoms with Crippen LogP contribution in [0, 0.1) is 13.8 Å². The SMILES string of the molecule is Cc1ccc(C(=O)Nc2ncccc2O)cc1C. The molecule has 0 aliphatic carbocycles. The molecule has 0 saturated carbocycles. The summed E-state index contributed by atoms with van der Waals surface area (Å²) in [5, 5.41) is 12.1. The van der Waals surface area contributed by atoms with Crippen molar-refractivity contribution in [1.29, 1.82) is 0 Å². The van der Waals surface area contributed by atoms with Crippen LogP contribution in [0.25, 0.3) is 0 Å². The number of aromatic hydroxyl groups is 1. The molecule has 0 unspecified atom stereocenters. The van der Waals surface area contributed by atoms with E-state index in [0.29, 0.717) is 5.56 Å². The van der Waals surface area contributed by atoms with E-state index < -0.39 is 0 Å². The van der Waals surface area contributed by atoms with Crippen LogP contribution in [-0.2, 0) is 0 Å². The summed E-state index contributed by atoms with van der Waals surface area (Å²) in [6.07, 6.45) is 1.51. The molecule has 2 rings (SSSR count). The maximum absolute atomic E-state index is 12.0. The van der Waals surface area contributed by atoms with E-state index in [0.717, 1.165) is 11.1 Å². The predicted molar refractivity (Wildman–Crippen MR) is 69.8 cm³/mol. The summed E-state index contributed by atoms with van der Waals surface area (Å²) in [6.45, 7) is 3.94. The Kier molecular flexibility index (Phi) is 3.28. The minimum atomic E-state index is -0.285.